The number of likely N-dealkylation sites (N-methyl/N-ethyl adjacent to an activating group) is 1. The number of nitrogens with zero attached hydrogens (tertiary/aromatic N) is 2. The van der Waals surface area contributed by atoms with Crippen molar-refractivity contribution in [2.24, 2.45) is 0 Å². The molecule has 128 valence electrons. The maximum Gasteiger partial charge on any atom is 0.318 e. The fourth-order valence-electron chi connectivity index (χ4n) is 2.27. The van der Waals surface area contributed by atoms with E-state index in [1.165, 1.54) is 0 Å². The molecule has 2 rings (SSSR count). The van der Waals surface area contributed by atoms with Crippen LogP contribution in [0.3, 0.4) is 0 Å². The number of carbonyl (C=O) groups excluding carboxylic acids is 1. The van der Waals surface area contributed by atoms with Crippen LogP contribution in [0.2, 0.25) is 5.02 Å². The van der Waals surface area contributed by atoms with Crippen LogP contribution in [0.4, 0.5) is 4.79 Å². The Labute approximate surface area is 149 Å². The summed E-state index contributed by atoms with van der Waals surface area (Å²) in [6.07, 6.45) is 0. The molecule has 0 aliphatic rings. The predicted octanol–water partition coefficient (Wildman–Crippen LogP) is 3.61. The normalized spacial score (nSPS) is 10.7. The van der Waals surface area contributed by atoms with Gasteiger partial charge in [0, 0.05) is 31.2 Å². The minimum absolute atomic E-state index is 0.0596. The van der Waals surface area contributed by atoms with E-state index < -0.39 is 0 Å². The molecule has 0 aliphatic heterocycles. The summed E-state index contributed by atoms with van der Waals surface area (Å²) in [6, 6.07) is 17.5. The molecule has 0 unspecified atom stereocenters. The Morgan fingerprint density at radius 3 is 2.25 bits per heavy atom. The van der Waals surface area contributed by atoms with Crippen molar-refractivity contribution in [1.29, 1.82) is 0 Å². The predicted molar refractivity (Wildman–Crippen MR) is 99.1 cm³/mol. The lowest BCUT2D eigenvalue weighted by molar-refractivity contribution is 0.188. The average Bonchev–Trinajstić information content (AvgIpc) is 2.58. The molecular weight excluding hydrogens is 322 g/mol. The topological polar surface area (TPSA) is 35.6 Å². The van der Waals surface area contributed by atoms with Crippen LogP contribution in [0.1, 0.15) is 11.1 Å². The zero-order chi connectivity index (χ0) is 17.4. The third-order valence-electron chi connectivity index (χ3n) is 3.68. The molecule has 4 nitrogen and oxygen atoms in total. The van der Waals surface area contributed by atoms with Gasteiger partial charge in [-0.3, -0.25) is 0 Å². The molecule has 0 saturated heterocycles. The molecule has 0 aromatic heterocycles. The summed E-state index contributed by atoms with van der Waals surface area (Å²) in [5.41, 5.74) is 2.15. The van der Waals surface area contributed by atoms with Crippen molar-refractivity contribution in [1.82, 2.24) is 15.1 Å². The number of benzene rings is 2. The van der Waals surface area contributed by atoms with Gasteiger partial charge in [0.2, 0.25) is 0 Å². The van der Waals surface area contributed by atoms with Crippen LogP contribution >= 0.6 is 11.6 Å². The van der Waals surface area contributed by atoms with Crippen LogP contribution in [0.5, 0.6) is 0 Å². The van der Waals surface area contributed by atoms with Gasteiger partial charge in [-0.15, -0.1) is 0 Å². The number of urea groups is 1. The van der Waals surface area contributed by atoms with Gasteiger partial charge in [-0.1, -0.05) is 54.1 Å². The Morgan fingerprint density at radius 2 is 1.62 bits per heavy atom. The highest BCUT2D eigenvalue weighted by molar-refractivity contribution is 6.30. The van der Waals surface area contributed by atoms with Crippen molar-refractivity contribution >= 4 is 17.6 Å². The standard InChI is InChI=1S/C19H24ClN3O/c1-22(2)12-13-23(15-17-6-4-3-5-7-17)19(24)21-14-16-8-10-18(20)11-9-16/h3-11H,12-15H2,1-2H3,(H,21,24). The van der Waals surface area contributed by atoms with E-state index in [4.69, 9.17) is 11.6 Å². The van der Waals surface area contributed by atoms with Gasteiger partial charge >= 0.3 is 6.03 Å². The second-order valence-corrected chi connectivity index (χ2v) is 6.43. The number of rotatable bonds is 7. The van der Waals surface area contributed by atoms with Gasteiger partial charge in [0.1, 0.15) is 0 Å². The first kappa shape index (κ1) is 18.3. The molecule has 0 spiro atoms. The van der Waals surface area contributed by atoms with Crippen molar-refractivity contribution < 1.29 is 4.79 Å². The Balaban J connectivity index is 1.96. The Kier molecular flexibility index (Phi) is 7.09. The zero-order valence-corrected chi connectivity index (χ0v) is 15.0. The van der Waals surface area contributed by atoms with Gasteiger partial charge in [-0.2, -0.15) is 0 Å². The first-order valence-electron chi connectivity index (χ1n) is 8.00. The number of hydrogen-bond acceptors (Lipinski definition) is 2. The highest BCUT2D eigenvalue weighted by Crippen LogP contribution is 2.10. The van der Waals surface area contributed by atoms with Crippen LogP contribution in [-0.4, -0.2) is 43.0 Å². The quantitative estimate of drug-likeness (QED) is 0.832. The monoisotopic (exact) mass is 345 g/mol. The lowest BCUT2D eigenvalue weighted by Gasteiger charge is -2.25. The van der Waals surface area contributed by atoms with E-state index in [1.54, 1.807) is 0 Å². The van der Waals surface area contributed by atoms with Gasteiger partial charge in [-0.25, -0.2) is 4.79 Å². The fourth-order valence-corrected chi connectivity index (χ4v) is 2.39. The number of nitrogens with one attached hydrogen (secondary N) is 1. The first-order chi connectivity index (χ1) is 11.5. The van der Waals surface area contributed by atoms with Gasteiger partial charge in [0.15, 0.2) is 0 Å². The van der Waals surface area contributed by atoms with E-state index in [0.717, 1.165) is 17.7 Å². The van der Waals surface area contributed by atoms with E-state index in [2.05, 4.69) is 10.2 Å². The highest BCUT2D eigenvalue weighted by Gasteiger charge is 2.13. The molecule has 2 amide bonds. The number of hydrogen-bond donors (Lipinski definition) is 1. The maximum absolute atomic E-state index is 12.6. The number of amides is 2. The van der Waals surface area contributed by atoms with Gasteiger partial charge in [-0.05, 0) is 37.4 Å². The fraction of sp³-hybridized carbons (Fsp3) is 0.316. The molecule has 0 radical (unpaired) electrons. The van der Waals surface area contributed by atoms with E-state index >= 15 is 0 Å². The Morgan fingerprint density at radius 1 is 0.958 bits per heavy atom. The van der Waals surface area contributed by atoms with E-state index in [-0.39, 0.29) is 6.03 Å². The second-order valence-electron chi connectivity index (χ2n) is 6.00. The van der Waals surface area contributed by atoms with Crippen molar-refractivity contribution in [3.05, 3.63) is 70.7 Å². The molecule has 0 saturated carbocycles. The Bertz CT molecular complexity index is 629. The summed E-state index contributed by atoms with van der Waals surface area (Å²) in [5.74, 6) is 0. The van der Waals surface area contributed by atoms with Crippen molar-refractivity contribution in [3.8, 4) is 0 Å². The SMILES string of the molecule is CN(C)CCN(Cc1ccccc1)C(=O)NCc1ccc(Cl)cc1. The summed E-state index contributed by atoms with van der Waals surface area (Å²) in [7, 11) is 4.01. The van der Waals surface area contributed by atoms with Gasteiger partial charge in [0.05, 0.1) is 0 Å². The van der Waals surface area contributed by atoms with Crippen LogP contribution in [0.15, 0.2) is 54.6 Å². The Hall–Kier alpha value is -2.04. The molecule has 2 aromatic carbocycles. The minimum Gasteiger partial charge on any atom is -0.334 e. The summed E-state index contributed by atoms with van der Waals surface area (Å²) >= 11 is 5.89. The van der Waals surface area contributed by atoms with Crippen molar-refractivity contribution in [2.45, 2.75) is 13.1 Å². The van der Waals surface area contributed by atoms with Crippen molar-refractivity contribution in [3.63, 3.8) is 0 Å². The van der Waals surface area contributed by atoms with Gasteiger partial charge in [0.25, 0.3) is 0 Å². The van der Waals surface area contributed by atoms with E-state index in [1.807, 2.05) is 73.6 Å². The number of halogens is 1. The molecule has 5 heteroatoms. The molecule has 0 aliphatic carbocycles. The van der Waals surface area contributed by atoms with E-state index in [0.29, 0.717) is 24.7 Å². The largest absolute Gasteiger partial charge is 0.334 e. The molecule has 0 fully saturated rings. The molecule has 0 heterocycles. The van der Waals surface area contributed by atoms with Crippen LogP contribution < -0.4 is 5.32 Å². The molecule has 2 aromatic rings. The molecule has 1 N–H and O–H groups in total. The van der Waals surface area contributed by atoms with Crippen LogP contribution in [-0.2, 0) is 13.1 Å². The van der Waals surface area contributed by atoms with E-state index in [9.17, 15) is 4.79 Å². The molecular formula is C19H24ClN3O. The average molecular weight is 346 g/mol. The lowest BCUT2D eigenvalue weighted by atomic mass is 10.2. The summed E-state index contributed by atoms with van der Waals surface area (Å²) in [6.45, 7) is 2.58. The molecule has 0 bridgehead atoms. The minimum atomic E-state index is -0.0596. The molecule has 0 atom stereocenters. The lowest BCUT2D eigenvalue weighted by Crippen LogP contribution is -2.42. The summed E-state index contributed by atoms with van der Waals surface area (Å²) in [5, 5.41) is 3.68. The van der Waals surface area contributed by atoms with Crippen LogP contribution in [0, 0.1) is 0 Å². The van der Waals surface area contributed by atoms with Crippen LogP contribution in [0.25, 0.3) is 0 Å². The smallest absolute Gasteiger partial charge is 0.318 e. The second kappa shape index (κ2) is 9.30. The summed E-state index contributed by atoms with van der Waals surface area (Å²) in [4.78, 5) is 16.5. The number of carbonyl (C=O) groups is 1. The van der Waals surface area contributed by atoms with Crippen molar-refractivity contribution in [2.75, 3.05) is 27.2 Å². The first-order valence-corrected chi connectivity index (χ1v) is 8.38. The highest BCUT2D eigenvalue weighted by atomic mass is 35.5. The van der Waals surface area contributed by atoms with Gasteiger partial charge < -0.3 is 15.1 Å². The maximum atomic E-state index is 12.6. The third kappa shape index (κ3) is 6.22. The molecule has 24 heavy (non-hydrogen) atoms. The summed E-state index contributed by atoms with van der Waals surface area (Å²) < 4.78 is 0. The third-order valence-corrected chi connectivity index (χ3v) is 3.93. The zero-order valence-electron chi connectivity index (χ0n) is 14.2.